The molecule has 0 amide bonds. The molecule has 1 fully saturated rings. The zero-order chi connectivity index (χ0) is 15.0. The molecule has 7 heteroatoms. The first-order valence-electron chi connectivity index (χ1n) is 6.74. The van der Waals surface area contributed by atoms with Gasteiger partial charge in [0.2, 0.25) is 10.0 Å². The van der Waals surface area contributed by atoms with Gasteiger partial charge in [0.15, 0.2) is 0 Å². The summed E-state index contributed by atoms with van der Waals surface area (Å²) in [5.74, 6) is 0. The predicted molar refractivity (Wildman–Crippen MR) is 82.3 cm³/mol. The van der Waals surface area contributed by atoms with Gasteiger partial charge in [-0.1, -0.05) is 0 Å². The number of likely N-dealkylation sites (N-methyl/N-ethyl adjacent to an activating group) is 2. The van der Waals surface area contributed by atoms with Crippen LogP contribution in [0.2, 0.25) is 0 Å². The van der Waals surface area contributed by atoms with Gasteiger partial charge in [-0.3, -0.25) is 0 Å². The number of hydrogen-bond acceptors (Lipinski definition) is 5. The largest absolute Gasteiger partial charge is 0.326 e. The number of nitrogens with two attached hydrogens (primary N) is 1. The molecule has 0 bridgehead atoms. The minimum Gasteiger partial charge on any atom is -0.326 e. The van der Waals surface area contributed by atoms with Crippen LogP contribution in [0.15, 0.2) is 16.3 Å². The van der Waals surface area contributed by atoms with Crippen LogP contribution in [0.3, 0.4) is 0 Å². The topological polar surface area (TPSA) is 66.6 Å². The van der Waals surface area contributed by atoms with Crippen LogP contribution in [-0.2, 0) is 16.6 Å². The molecule has 0 spiro atoms. The third kappa shape index (κ3) is 2.65. The highest BCUT2D eigenvalue weighted by Gasteiger charge is 2.42. The number of sulfonamides is 1. The van der Waals surface area contributed by atoms with Crippen LogP contribution in [0.5, 0.6) is 0 Å². The van der Waals surface area contributed by atoms with Gasteiger partial charge in [0, 0.05) is 30.6 Å². The van der Waals surface area contributed by atoms with E-state index in [1.165, 1.54) is 22.1 Å². The van der Waals surface area contributed by atoms with E-state index in [0.29, 0.717) is 11.4 Å². The van der Waals surface area contributed by atoms with Gasteiger partial charge in [0.05, 0.1) is 4.90 Å². The van der Waals surface area contributed by atoms with Crippen molar-refractivity contribution in [3.8, 4) is 0 Å². The van der Waals surface area contributed by atoms with Crippen molar-refractivity contribution in [2.24, 2.45) is 5.73 Å². The van der Waals surface area contributed by atoms with Crippen LogP contribution in [-0.4, -0.2) is 50.8 Å². The molecule has 114 valence electrons. The maximum Gasteiger partial charge on any atom is 0.244 e. The van der Waals surface area contributed by atoms with Crippen LogP contribution in [0.25, 0.3) is 0 Å². The van der Waals surface area contributed by atoms with Gasteiger partial charge >= 0.3 is 0 Å². The van der Waals surface area contributed by atoms with E-state index in [1.807, 2.05) is 14.1 Å². The normalized spacial score (nSPS) is 18.5. The average molecular weight is 317 g/mol. The van der Waals surface area contributed by atoms with Crippen LogP contribution >= 0.6 is 11.3 Å². The van der Waals surface area contributed by atoms with Crippen LogP contribution in [0.1, 0.15) is 24.1 Å². The summed E-state index contributed by atoms with van der Waals surface area (Å²) in [6, 6.07) is 1.65. The molecule has 2 N–H and O–H groups in total. The molecule has 1 saturated carbocycles. The molecule has 1 heterocycles. The molecule has 1 aromatic rings. The van der Waals surface area contributed by atoms with E-state index in [-0.39, 0.29) is 12.1 Å². The molecule has 0 atom stereocenters. The molecule has 0 unspecified atom stereocenters. The molecule has 0 aliphatic heterocycles. The Kier molecular flexibility index (Phi) is 4.56. The van der Waals surface area contributed by atoms with Crippen molar-refractivity contribution >= 4 is 21.4 Å². The van der Waals surface area contributed by atoms with E-state index in [2.05, 4.69) is 4.90 Å². The van der Waals surface area contributed by atoms with Crippen molar-refractivity contribution in [3.05, 3.63) is 16.3 Å². The van der Waals surface area contributed by atoms with Gasteiger partial charge in [-0.15, -0.1) is 11.3 Å². The van der Waals surface area contributed by atoms with E-state index in [1.54, 1.807) is 18.5 Å². The Hall–Kier alpha value is -0.470. The fourth-order valence-electron chi connectivity index (χ4n) is 2.71. The maximum absolute atomic E-state index is 12.7. The minimum atomic E-state index is -3.44. The Bertz CT molecular complexity index is 562. The molecular formula is C13H23N3O2S2. The molecule has 5 nitrogen and oxygen atoms in total. The standard InChI is InChI=1S/C13H23N3O2S2/c1-15(2)13(6-4-7-13)10-16(3)20(17,18)12-5-8-19-11(12)9-14/h5,8H,4,6-7,9-10,14H2,1-3H3. The van der Waals surface area contributed by atoms with Crippen molar-refractivity contribution in [1.82, 2.24) is 9.21 Å². The van der Waals surface area contributed by atoms with E-state index in [9.17, 15) is 8.42 Å². The number of rotatable bonds is 6. The van der Waals surface area contributed by atoms with Crippen LogP contribution in [0, 0.1) is 0 Å². The summed E-state index contributed by atoms with van der Waals surface area (Å²) in [5, 5.41) is 1.79. The molecule has 1 aliphatic rings. The Balaban J connectivity index is 2.22. The second-order valence-electron chi connectivity index (χ2n) is 5.65. The van der Waals surface area contributed by atoms with Gasteiger partial charge in [-0.25, -0.2) is 8.42 Å². The van der Waals surface area contributed by atoms with Crippen molar-refractivity contribution in [2.75, 3.05) is 27.7 Å². The van der Waals surface area contributed by atoms with Gasteiger partial charge in [-0.2, -0.15) is 4.31 Å². The molecular weight excluding hydrogens is 294 g/mol. The average Bonchev–Trinajstić information content (AvgIpc) is 2.81. The summed E-state index contributed by atoms with van der Waals surface area (Å²) >= 11 is 1.40. The highest BCUT2D eigenvalue weighted by atomic mass is 32.2. The van der Waals surface area contributed by atoms with E-state index in [0.717, 1.165) is 17.7 Å². The molecule has 20 heavy (non-hydrogen) atoms. The molecule has 1 aromatic heterocycles. The molecule has 0 aromatic carbocycles. The number of hydrogen-bond donors (Lipinski definition) is 1. The van der Waals surface area contributed by atoms with E-state index >= 15 is 0 Å². The van der Waals surface area contributed by atoms with Gasteiger partial charge in [0.25, 0.3) is 0 Å². The SMILES string of the molecule is CN(C)C1(CN(C)S(=O)(=O)c2ccsc2CN)CCC1. The summed E-state index contributed by atoms with van der Waals surface area (Å²) in [6.45, 7) is 0.793. The summed E-state index contributed by atoms with van der Waals surface area (Å²) in [5.41, 5.74) is 5.61. The van der Waals surface area contributed by atoms with E-state index < -0.39 is 10.0 Å². The first kappa shape index (κ1) is 15.9. The first-order valence-corrected chi connectivity index (χ1v) is 9.06. The zero-order valence-corrected chi connectivity index (χ0v) is 13.9. The van der Waals surface area contributed by atoms with Gasteiger partial charge in [0.1, 0.15) is 0 Å². The lowest BCUT2D eigenvalue weighted by Gasteiger charge is -2.48. The third-order valence-electron chi connectivity index (χ3n) is 4.33. The Labute approximate surface area is 125 Å². The van der Waals surface area contributed by atoms with Crippen molar-refractivity contribution in [2.45, 2.75) is 36.2 Å². The second-order valence-corrected chi connectivity index (χ2v) is 8.66. The van der Waals surface area contributed by atoms with E-state index in [4.69, 9.17) is 5.73 Å². The fraction of sp³-hybridized carbons (Fsp3) is 0.692. The van der Waals surface area contributed by atoms with Gasteiger partial charge < -0.3 is 10.6 Å². The lowest BCUT2D eigenvalue weighted by molar-refractivity contribution is 0.0455. The van der Waals surface area contributed by atoms with Crippen LogP contribution in [0.4, 0.5) is 0 Å². The monoisotopic (exact) mass is 317 g/mol. The highest BCUT2D eigenvalue weighted by molar-refractivity contribution is 7.89. The Morgan fingerprint density at radius 2 is 2.00 bits per heavy atom. The van der Waals surface area contributed by atoms with Crippen molar-refractivity contribution in [3.63, 3.8) is 0 Å². The van der Waals surface area contributed by atoms with Crippen molar-refractivity contribution in [1.29, 1.82) is 0 Å². The molecule has 1 aliphatic carbocycles. The maximum atomic E-state index is 12.7. The summed E-state index contributed by atoms with van der Waals surface area (Å²) in [6.07, 6.45) is 3.26. The first-order chi connectivity index (χ1) is 9.33. The summed E-state index contributed by atoms with van der Waals surface area (Å²) in [7, 11) is 2.27. The third-order valence-corrected chi connectivity index (χ3v) is 7.29. The fourth-order valence-corrected chi connectivity index (χ4v) is 5.26. The Morgan fingerprint density at radius 3 is 2.45 bits per heavy atom. The second kappa shape index (κ2) is 5.73. The Morgan fingerprint density at radius 1 is 1.35 bits per heavy atom. The molecule has 0 radical (unpaired) electrons. The highest BCUT2D eigenvalue weighted by Crippen LogP contribution is 2.37. The molecule has 2 rings (SSSR count). The van der Waals surface area contributed by atoms with Crippen molar-refractivity contribution < 1.29 is 8.42 Å². The van der Waals surface area contributed by atoms with Crippen LogP contribution < -0.4 is 5.73 Å². The summed E-state index contributed by atoms with van der Waals surface area (Å²) < 4.78 is 26.8. The predicted octanol–water partition coefficient (Wildman–Crippen LogP) is 1.31. The zero-order valence-electron chi connectivity index (χ0n) is 12.3. The lowest BCUT2D eigenvalue weighted by atomic mass is 9.75. The number of thiophene rings is 1. The summed E-state index contributed by atoms with van der Waals surface area (Å²) in [4.78, 5) is 3.24. The molecule has 0 saturated heterocycles. The minimum absolute atomic E-state index is 0.0132. The smallest absolute Gasteiger partial charge is 0.244 e. The lowest BCUT2D eigenvalue weighted by Crippen LogP contribution is -2.57. The number of nitrogens with zero attached hydrogens (tertiary/aromatic N) is 2. The quantitative estimate of drug-likeness (QED) is 0.859. The van der Waals surface area contributed by atoms with Gasteiger partial charge in [-0.05, 0) is 44.8 Å².